The molecule has 1 unspecified atom stereocenters. The van der Waals surface area contributed by atoms with E-state index in [2.05, 4.69) is 10.1 Å². The second-order valence-electron chi connectivity index (χ2n) is 4.80. The molecule has 1 amide bonds. The van der Waals surface area contributed by atoms with Crippen LogP contribution in [-0.4, -0.2) is 40.7 Å². The van der Waals surface area contributed by atoms with Crippen LogP contribution in [0.3, 0.4) is 0 Å². The minimum atomic E-state index is -0.324. The first-order valence-corrected chi connectivity index (χ1v) is 7.20. The molecule has 7 heteroatoms. The molecule has 0 spiro atoms. The summed E-state index contributed by atoms with van der Waals surface area (Å²) in [5.74, 6) is 0.334. The van der Waals surface area contributed by atoms with Crippen molar-refractivity contribution < 1.29 is 14.1 Å². The van der Waals surface area contributed by atoms with Gasteiger partial charge in [-0.2, -0.15) is 4.98 Å². The van der Waals surface area contributed by atoms with E-state index in [-0.39, 0.29) is 11.9 Å². The Morgan fingerprint density at radius 1 is 1.36 bits per heavy atom. The molecule has 0 bridgehead atoms. The van der Waals surface area contributed by atoms with Crippen LogP contribution in [-0.2, 0) is 9.53 Å². The van der Waals surface area contributed by atoms with Crippen molar-refractivity contribution in [3.8, 4) is 0 Å². The maximum absolute atomic E-state index is 12.4. The van der Waals surface area contributed by atoms with Gasteiger partial charge in [-0.25, -0.2) is 0 Å². The van der Waals surface area contributed by atoms with E-state index in [0.717, 1.165) is 5.56 Å². The molecule has 2 aromatic rings. The molecule has 1 saturated heterocycles. The molecule has 3 rings (SSSR count). The molecule has 0 aliphatic carbocycles. The lowest BCUT2D eigenvalue weighted by Gasteiger charge is -2.32. The maximum Gasteiger partial charge on any atom is 0.247 e. The molecule has 6 nitrogen and oxygen atoms in total. The number of rotatable bonds is 3. The van der Waals surface area contributed by atoms with E-state index in [4.69, 9.17) is 20.9 Å². The molecular weight excluding hydrogens is 306 g/mol. The summed E-state index contributed by atoms with van der Waals surface area (Å²) < 4.78 is 10.2. The lowest BCUT2D eigenvalue weighted by atomic mass is 10.2. The molecule has 1 fully saturated rings. The SMILES string of the molecule is O=C(/C=C/c1ccc(Cl)cc1)N1CCOCC1c1ncon1. The summed E-state index contributed by atoms with van der Waals surface area (Å²) in [6.07, 6.45) is 4.53. The zero-order valence-corrected chi connectivity index (χ0v) is 12.4. The lowest BCUT2D eigenvalue weighted by molar-refractivity contribution is -0.135. The Labute approximate surface area is 132 Å². The van der Waals surface area contributed by atoms with Gasteiger partial charge in [0, 0.05) is 17.6 Å². The fourth-order valence-electron chi connectivity index (χ4n) is 2.24. The smallest absolute Gasteiger partial charge is 0.247 e. The molecule has 0 N–H and O–H groups in total. The average Bonchev–Trinajstić information content (AvgIpc) is 3.08. The third-order valence-corrected chi connectivity index (χ3v) is 3.63. The second kappa shape index (κ2) is 6.72. The van der Waals surface area contributed by atoms with Crippen molar-refractivity contribution in [3.63, 3.8) is 0 Å². The molecule has 1 aliphatic rings. The van der Waals surface area contributed by atoms with Crippen molar-refractivity contribution in [2.75, 3.05) is 19.8 Å². The number of nitrogens with zero attached hydrogens (tertiary/aromatic N) is 3. The summed E-state index contributed by atoms with van der Waals surface area (Å²) in [6, 6.07) is 6.94. The van der Waals surface area contributed by atoms with Gasteiger partial charge in [-0.15, -0.1) is 0 Å². The predicted octanol–water partition coefficient (Wildman–Crippen LogP) is 2.34. The number of morpholine rings is 1. The highest BCUT2D eigenvalue weighted by Gasteiger charge is 2.30. The van der Waals surface area contributed by atoms with Gasteiger partial charge in [0.25, 0.3) is 0 Å². The first-order chi connectivity index (χ1) is 10.7. The molecule has 0 saturated carbocycles. The predicted molar refractivity (Wildman–Crippen MR) is 80.1 cm³/mol. The van der Waals surface area contributed by atoms with Gasteiger partial charge in [-0.3, -0.25) is 4.79 Å². The molecule has 2 heterocycles. The highest BCUT2D eigenvalue weighted by molar-refractivity contribution is 6.30. The van der Waals surface area contributed by atoms with Gasteiger partial charge >= 0.3 is 0 Å². The van der Waals surface area contributed by atoms with Crippen molar-refractivity contribution >= 4 is 23.6 Å². The summed E-state index contributed by atoms with van der Waals surface area (Å²) in [6.45, 7) is 1.35. The van der Waals surface area contributed by atoms with Crippen molar-refractivity contribution in [2.45, 2.75) is 6.04 Å². The van der Waals surface area contributed by atoms with E-state index in [9.17, 15) is 4.79 Å². The molecule has 22 heavy (non-hydrogen) atoms. The molecule has 1 atom stereocenters. The van der Waals surface area contributed by atoms with E-state index >= 15 is 0 Å². The fourth-order valence-corrected chi connectivity index (χ4v) is 2.37. The van der Waals surface area contributed by atoms with Crippen molar-refractivity contribution in [3.05, 3.63) is 53.1 Å². The summed E-state index contributed by atoms with van der Waals surface area (Å²) >= 11 is 5.84. The highest BCUT2D eigenvalue weighted by atomic mass is 35.5. The van der Waals surface area contributed by atoms with Crippen LogP contribution >= 0.6 is 11.6 Å². The molecule has 1 aromatic heterocycles. The van der Waals surface area contributed by atoms with Gasteiger partial charge in [0.2, 0.25) is 12.3 Å². The van der Waals surface area contributed by atoms with Crippen LogP contribution in [0.15, 0.2) is 41.3 Å². The van der Waals surface area contributed by atoms with E-state index < -0.39 is 0 Å². The lowest BCUT2D eigenvalue weighted by Crippen LogP contribution is -2.43. The van der Waals surface area contributed by atoms with Crippen LogP contribution in [0, 0.1) is 0 Å². The van der Waals surface area contributed by atoms with Crippen molar-refractivity contribution in [1.82, 2.24) is 15.0 Å². The number of carbonyl (C=O) groups excluding carboxylic acids is 1. The van der Waals surface area contributed by atoms with Crippen LogP contribution in [0.1, 0.15) is 17.4 Å². The number of hydrogen-bond donors (Lipinski definition) is 0. The van der Waals surface area contributed by atoms with E-state index in [0.29, 0.717) is 30.6 Å². The Morgan fingerprint density at radius 3 is 2.91 bits per heavy atom. The Balaban J connectivity index is 1.73. The molecule has 1 aromatic carbocycles. The minimum Gasteiger partial charge on any atom is -0.377 e. The first-order valence-electron chi connectivity index (χ1n) is 6.82. The Kier molecular flexibility index (Phi) is 4.50. The Hall–Kier alpha value is -2.18. The number of benzene rings is 1. The van der Waals surface area contributed by atoms with Gasteiger partial charge in [0.05, 0.1) is 13.2 Å². The van der Waals surface area contributed by atoms with Gasteiger partial charge in [-0.05, 0) is 23.8 Å². The summed E-state index contributed by atoms with van der Waals surface area (Å²) in [4.78, 5) is 18.1. The van der Waals surface area contributed by atoms with Crippen LogP contribution in [0.2, 0.25) is 5.02 Å². The zero-order chi connectivity index (χ0) is 15.4. The number of amides is 1. The van der Waals surface area contributed by atoms with E-state index in [1.54, 1.807) is 23.1 Å². The topological polar surface area (TPSA) is 68.5 Å². The minimum absolute atomic E-state index is 0.118. The van der Waals surface area contributed by atoms with Crippen LogP contribution in [0.5, 0.6) is 0 Å². The van der Waals surface area contributed by atoms with E-state index in [1.165, 1.54) is 12.5 Å². The quantitative estimate of drug-likeness (QED) is 0.812. The number of hydrogen-bond acceptors (Lipinski definition) is 5. The third kappa shape index (κ3) is 3.35. The molecule has 0 radical (unpaired) electrons. The highest BCUT2D eigenvalue weighted by Crippen LogP contribution is 2.21. The monoisotopic (exact) mass is 319 g/mol. The fraction of sp³-hybridized carbons (Fsp3) is 0.267. The largest absolute Gasteiger partial charge is 0.377 e. The van der Waals surface area contributed by atoms with Crippen LogP contribution in [0.4, 0.5) is 0 Å². The number of ether oxygens (including phenoxy) is 1. The molecular formula is C15H14ClN3O3. The molecule has 1 aliphatic heterocycles. The summed E-state index contributed by atoms with van der Waals surface area (Å²) in [5, 5.41) is 4.46. The average molecular weight is 320 g/mol. The van der Waals surface area contributed by atoms with Gasteiger partial charge in [0.1, 0.15) is 6.04 Å². The van der Waals surface area contributed by atoms with E-state index in [1.807, 2.05) is 12.1 Å². The van der Waals surface area contributed by atoms with Gasteiger partial charge in [0.15, 0.2) is 5.82 Å². The summed E-state index contributed by atoms with van der Waals surface area (Å²) in [5.41, 5.74) is 0.905. The third-order valence-electron chi connectivity index (χ3n) is 3.38. The number of aromatic nitrogens is 2. The van der Waals surface area contributed by atoms with Crippen LogP contribution in [0.25, 0.3) is 6.08 Å². The normalized spacial score (nSPS) is 18.8. The standard InChI is InChI=1S/C15H14ClN3O3/c16-12-4-1-11(2-5-12)3-6-14(20)19-7-8-21-9-13(19)15-17-10-22-18-15/h1-6,10,13H,7-9H2/b6-3+. The second-order valence-corrected chi connectivity index (χ2v) is 5.23. The van der Waals surface area contributed by atoms with Gasteiger partial charge < -0.3 is 14.2 Å². The van der Waals surface area contributed by atoms with Gasteiger partial charge in [-0.1, -0.05) is 28.9 Å². The van der Waals surface area contributed by atoms with Crippen molar-refractivity contribution in [1.29, 1.82) is 0 Å². The number of carbonyl (C=O) groups is 1. The number of halogens is 1. The van der Waals surface area contributed by atoms with Crippen LogP contribution < -0.4 is 0 Å². The Bertz CT molecular complexity index is 655. The maximum atomic E-state index is 12.4. The Morgan fingerprint density at radius 2 is 2.18 bits per heavy atom. The zero-order valence-electron chi connectivity index (χ0n) is 11.7. The summed E-state index contributed by atoms with van der Waals surface area (Å²) in [7, 11) is 0. The molecule has 114 valence electrons. The first kappa shape index (κ1) is 14.7. The van der Waals surface area contributed by atoms with Crippen molar-refractivity contribution in [2.24, 2.45) is 0 Å².